The summed E-state index contributed by atoms with van der Waals surface area (Å²) in [6.07, 6.45) is 1.44. The number of likely N-dealkylation sites (tertiary alicyclic amines) is 1. The first kappa shape index (κ1) is 17.2. The standard InChI is InChI=1S/C21H23NO3/c1-15(23)22-18(16-9-5-3-6-10-16)13-14-21(2,19(22)20(24)25)17-11-7-4-8-12-17/h3-12,18-19H,13-14H2,1-2H3,(H,24,25)/t18-,19+,21+/m0/s1. The second-order valence-electron chi connectivity index (χ2n) is 6.92. The first-order valence-corrected chi connectivity index (χ1v) is 8.57. The van der Waals surface area contributed by atoms with Crippen molar-refractivity contribution in [3.8, 4) is 0 Å². The van der Waals surface area contributed by atoms with Crippen LogP contribution in [0.1, 0.15) is 43.9 Å². The summed E-state index contributed by atoms with van der Waals surface area (Å²) >= 11 is 0. The molecule has 130 valence electrons. The van der Waals surface area contributed by atoms with Crippen LogP contribution in [0.3, 0.4) is 0 Å². The number of carboxylic acid groups (broad SMARTS) is 1. The molecule has 1 saturated heterocycles. The molecule has 4 heteroatoms. The van der Waals surface area contributed by atoms with Crippen LogP contribution < -0.4 is 0 Å². The van der Waals surface area contributed by atoms with E-state index in [0.29, 0.717) is 6.42 Å². The molecule has 0 spiro atoms. The number of benzene rings is 2. The number of amides is 1. The van der Waals surface area contributed by atoms with Crippen LogP contribution in [0.25, 0.3) is 0 Å². The van der Waals surface area contributed by atoms with Crippen molar-refractivity contribution < 1.29 is 14.7 Å². The molecule has 1 N–H and O–H groups in total. The Labute approximate surface area is 148 Å². The van der Waals surface area contributed by atoms with Gasteiger partial charge in [0.15, 0.2) is 0 Å². The lowest BCUT2D eigenvalue weighted by Gasteiger charge is -2.50. The topological polar surface area (TPSA) is 57.6 Å². The van der Waals surface area contributed by atoms with Crippen LogP contribution in [0, 0.1) is 0 Å². The fraction of sp³-hybridized carbons (Fsp3) is 0.333. The highest BCUT2D eigenvalue weighted by atomic mass is 16.4. The van der Waals surface area contributed by atoms with Crippen LogP contribution >= 0.6 is 0 Å². The molecule has 2 aromatic rings. The molecule has 0 bridgehead atoms. The molecule has 2 aromatic carbocycles. The van der Waals surface area contributed by atoms with Crippen LogP contribution in [0.4, 0.5) is 0 Å². The van der Waals surface area contributed by atoms with E-state index < -0.39 is 17.4 Å². The van der Waals surface area contributed by atoms with Crippen molar-refractivity contribution in [2.24, 2.45) is 0 Å². The largest absolute Gasteiger partial charge is 0.480 e. The number of rotatable bonds is 3. The monoisotopic (exact) mass is 337 g/mol. The highest BCUT2D eigenvalue weighted by Gasteiger charge is 2.51. The van der Waals surface area contributed by atoms with E-state index >= 15 is 0 Å². The van der Waals surface area contributed by atoms with Crippen molar-refractivity contribution in [2.45, 2.75) is 44.2 Å². The lowest BCUT2D eigenvalue weighted by molar-refractivity contribution is -0.159. The second kappa shape index (κ2) is 6.71. The van der Waals surface area contributed by atoms with Crippen LogP contribution in [-0.2, 0) is 15.0 Å². The molecule has 0 aliphatic carbocycles. The minimum Gasteiger partial charge on any atom is -0.480 e. The highest BCUT2D eigenvalue weighted by molar-refractivity contribution is 5.84. The molecular formula is C21H23NO3. The van der Waals surface area contributed by atoms with Gasteiger partial charge in [0.25, 0.3) is 0 Å². The Morgan fingerprint density at radius 1 is 1.04 bits per heavy atom. The molecule has 0 radical (unpaired) electrons. The summed E-state index contributed by atoms with van der Waals surface area (Å²) in [6.45, 7) is 3.42. The summed E-state index contributed by atoms with van der Waals surface area (Å²) in [5, 5.41) is 10.0. The van der Waals surface area contributed by atoms with Gasteiger partial charge in [0.2, 0.25) is 5.91 Å². The number of aliphatic carboxylic acids is 1. The molecule has 0 aromatic heterocycles. The summed E-state index contributed by atoms with van der Waals surface area (Å²) < 4.78 is 0. The smallest absolute Gasteiger partial charge is 0.327 e. The molecule has 1 fully saturated rings. The number of carboxylic acids is 1. The fourth-order valence-electron chi connectivity index (χ4n) is 4.12. The summed E-state index contributed by atoms with van der Waals surface area (Å²) in [5.74, 6) is -1.16. The molecule has 1 heterocycles. The summed E-state index contributed by atoms with van der Waals surface area (Å²) in [7, 11) is 0. The molecule has 25 heavy (non-hydrogen) atoms. The van der Waals surface area contributed by atoms with E-state index in [-0.39, 0.29) is 11.9 Å². The molecular weight excluding hydrogens is 314 g/mol. The van der Waals surface area contributed by atoms with Gasteiger partial charge in [0, 0.05) is 12.3 Å². The van der Waals surface area contributed by atoms with Gasteiger partial charge in [-0.15, -0.1) is 0 Å². The van der Waals surface area contributed by atoms with Crippen molar-refractivity contribution >= 4 is 11.9 Å². The number of carbonyl (C=O) groups is 2. The van der Waals surface area contributed by atoms with Gasteiger partial charge in [-0.25, -0.2) is 4.79 Å². The van der Waals surface area contributed by atoms with Crippen LogP contribution in [0.5, 0.6) is 0 Å². The number of carbonyl (C=O) groups excluding carboxylic acids is 1. The minimum atomic E-state index is -0.956. The third kappa shape index (κ3) is 3.04. The number of hydrogen-bond donors (Lipinski definition) is 1. The van der Waals surface area contributed by atoms with Gasteiger partial charge in [-0.3, -0.25) is 4.79 Å². The number of nitrogens with zero attached hydrogens (tertiary/aromatic N) is 1. The normalized spacial score (nSPS) is 26.2. The van der Waals surface area contributed by atoms with Crippen LogP contribution in [0.2, 0.25) is 0 Å². The highest BCUT2D eigenvalue weighted by Crippen LogP contribution is 2.46. The van der Waals surface area contributed by atoms with E-state index in [0.717, 1.165) is 17.5 Å². The zero-order chi connectivity index (χ0) is 18.0. The molecule has 3 atom stereocenters. The molecule has 0 saturated carbocycles. The van der Waals surface area contributed by atoms with Gasteiger partial charge in [-0.05, 0) is 24.0 Å². The first-order valence-electron chi connectivity index (χ1n) is 8.57. The lowest BCUT2D eigenvalue weighted by Crippen LogP contribution is -2.59. The van der Waals surface area contributed by atoms with Gasteiger partial charge in [0.05, 0.1) is 6.04 Å². The van der Waals surface area contributed by atoms with Crippen molar-refractivity contribution in [2.75, 3.05) is 0 Å². The van der Waals surface area contributed by atoms with E-state index in [2.05, 4.69) is 0 Å². The van der Waals surface area contributed by atoms with Crippen molar-refractivity contribution in [1.82, 2.24) is 4.90 Å². The Balaban J connectivity index is 2.09. The van der Waals surface area contributed by atoms with E-state index in [4.69, 9.17) is 0 Å². The Bertz CT molecular complexity index is 759. The zero-order valence-corrected chi connectivity index (χ0v) is 14.6. The average Bonchev–Trinajstić information content (AvgIpc) is 2.62. The number of piperidine rings is 1. The van der Waals surface area contributed by atoms with Crippen LogP contribution in [0.15, 0.2) is 60.7 Å². The summed E-state index contributed by atoms with van der Waals surface area (Å²) in [4.78, 5) is 26.3. The maximum Gasteiger partial charge on any atom is 0.327 e. The van der Waals surface area contributed by atoms with Crippen molar-refractivity contribution in [3.05, 3.63) is 71.8 Å². The van der Waals surface area contributed by atoms with E-state index in [1.165, 1.54) is 6.92 Å². The number of hydrogen-bond acceptors (Lipinski definition) is 2. The van der Waals surface area contributed by atoms with E-state index in [1.807, 2.05) is 67.6 Å². The quantitative estimate of drug-likeness (QED) is 0.927. The summed E-state index contributed by atoms with van der Waals surface area (Å²) in [5.41, 5.74) is 1.32. The maximum atomic E-state index is 12.5. The third-order valence-electron chi connectivity index (χ3n) is 5.37. The molecule has 3 rings (SSSR count). The SMILES string of the molecule is CC(=O)N1[C@H](c2ccccc2)CC[C@](C)(c2ccccc2)[C@H]1C(=O)O. The molecule has 4 nitrogen and oxygen atoms in total. The van der Waals surface area contributed by atoms with Gasteiger partial charge in [-0.1, -0.05) is 67.6 Å². The molecule has 0 unspecified atom stereocenters. The predicted octanol–water partition coefficient (Wildman–Crippen LogP) is 3.78. The van der Waals surface area contributed by atoms with Crippen molar-refractivity contribution in [3.63, 3.8) is 0 Å². The van der Waals surface area contributed by atoms with Crippen LogP contribution in [-0.4, -0.2) is 27.9 Å². The van der Waals surface area contributed by atoms with E-state index in [9.17, 15) is 14.7 Å². The maximum absolute atomic E-state index is 12.5. The zero-order valence-electron chi connectivity index (χ0n) is 14.6. The van der Waals surface area contributed by atoms with Gasteiger partial charge >= 0.3 is 5.97 Å². The van der Waals surface area contributed by atoms with Crippen molar-refractivity contribution in [1.29, 1.82) is 0 Å². The Morgan fingerprint density at radius 3 is 2.12 bits per heavy atom. The fourth-order valence-corrected chi connectivity index (χ4v) is 4.12. The average molecular weight is 337 g/mol. The van der Waals surface area contributed by atoms with E-state index in [1.54, 1.807) is 4.90 Å². The summed E-state index contributed by atoms with van der Waals surface area (Å²) in [6, 6.07) is 18.3. The third-order valence-corrected chi connectivity index (χ3v) is 5.37. The minimum absolute atomic E-state index is 0.205. The van der Waals surface area contributed by atoms with Gasteiger partial charge < -0.3 is 10.0 Å². The lowest BCUT2D eigenvalue weighted by atomic mass is 9.67. The van der Waals surface area contributed by atoms with Gasteiger partial charge in [0.1, 0.15) is 6.04 Å². The Morgan fingerprint density at radius 2 is 1.60 bits per heavy atom. The first-order chi connectivity index (χ1) is 11.9. The Hall–Kier alpha value is -2.62. The predicted molar refractivity (Wildman–Crippen MR) is 96.2 cm³/mol. The molecule has 1 aliphatic rings. The Kier molecular flexibility index (Phi) is 4.62. The molecule has 1 aliphatic heterocycles. The van der Waals surface area contributed by atoms with Gasteiger partial charge in [-0.2, -0.15) is 0 Å². The molecule has 1 amide bonds. The second-order valence-corrected chi connectivity index (χ2v) is 6.92.